The van der Waals surface area contributed by atoms with Crippen LogP contribution >= 0.6 is 11.8 Å². The number of benzene rings is 3. The van der Waals surface area contributed by atoms with Crippen LogP contribution in [0.5, 0.6) is 5.75 Å². The van der Waals surface area contributed by atoms with Crippen molar-refractivity contribution in [2.45, 2.75) is 23.3 Å². The number of nitrogens with one attached hydrogen (secondary N) is 2. The predicted molar refractivity (Wildman–Crippen MR) is 118 cm³/mol. The first kappa shape index (κ1) is 20.0. The normalized spacial score (nSPS) is 10.9. The maximum atomic E-state index is 13.4. The van der Waals surface area contributed by atoms with E-state index in [0.29, 0.717) is 17.0 Å². The fourth-order valence-electron chi connectivity index (χ4n) is 3.19. The van der Waals surface area contributed by atoms with Gasteiger partial charge in [0.1, 0.15) is 17.3 Å². The molecule has 30 heavy (non-hydrogen) atoms. The summed E-state index contributed by atoms with van der Waals surface area (Å²) in [5, 5.41) is 3.83. The second kappa shape index (κ2) is 8.63. The van der Waals surface area contributed by atoms with E-state index in [-0.39, 0.29) is 18.3 Å². The number of H-pyrrole nitrogens is 1. The van der Waals surface area contributed by atoms with Gasteiger partial charge in [-0.3, -0.25) is 4.79 Å². The summed E-state index contributed by atoms with van der Waals surface area (Å²) < 4.78 is 18.7. The van der Waals surface area contributed by atoms with E-state index in [1.807, 2.05) is 49.4 Å². The van der Waals surface area contributed by atoms with Crippen molar-refractivity contribution in [1.82, 2.24) is 10.3 Å². The summed E-state index contributed by atoms with van der Waals surface area (Å²) in [6, 6.07) is 20.1. The van der Waals surface area contributed by atoms with Crippen molar-refractivity contribution in [3.63, 3.8) is 0 Å². The molecule has 0 saturated heterocycles. The number of fused-ring (bicyclic) bond motifs is 1. The molecule has 0 aliphatic rings. The lowest BCUT2D eigenvalue weighted by Gasteiger charge is -2.07. The number of aromatic amines is 1. The summed E-state index contributed by atoms with van der Waals surface area (Å²) >= 11 is 1.53. The van der Waals surface area contributed by atoms with Crippen LogP contribution < -0.4 is 10.1 Å². The van der Waals surface area contributed by atoms with Crippen molar-refractivity contribution in [3.8, 4) is 5.75 Å². The monoisotopic (exact) mass is 420 g/mol. The Labute approximate surface area is 178 Å². The molecule has 0 atom stereocenters. The van der Waals surface area contributed by atoms with Gasteiger partial charge in [0.25, 0.3) is 5.91 Å². The number of carbonyl (C=O) groups is 1. The second-order valence-electron chi connectivity index (χ2n) is 6.97. The first-order valence-electron chi connectivity index (χ1n) is 9.50. The van der Waals surface area contributed by atoms with Gasteiger partial charge in [0.05, 0.1) is 17.5 Å². The molecule has 0 bridgehead atoms. The van der Waals surface area contributed by atoms with E-state index < -0.39 is 0 Å². The van der Waals surface area contributed by atoms with E-state index in [9.17, 15) is 9.18 Å². The van der Waals surface area contributed by atoms with Gasteiger partial charge in [-0.1, -0.05) is 41.6 Å². The molecule has 0 aliphatic carbocycles. The third-order valence-electron chi connectivity index (χ3n) is 4.77. The van der Waals surface area contributed by atoms with Crippen molar-refractivity contribution in [1.29, 1.82) is 0 Å². The highest BCUT2D eigenvalue weighted by atomic mass is 32.2. The first-order chi connectivity index (χ1) is 14.5. The van der Waals surface area contributed by atoms with E-state index in [4.69, 9.17) is 4.74 Å². The van der Waals surface area contributed by atoms with Gasteiger partial charge in [0, 0.05) is 22.9 Å². The largest absolute Gasteiger partial charge is 0.497 e. The van der Waals surface area contributed by atoms with Gasteiger partial charge in [0.15, 0.2) is 0 Å². The smallest absolute Gasteiger partial charge is 0.269 e. The molecule has 0 aliphatic heterocycles. The van der Waals surface area contributed by atoms with Crippen molar-refractivity contribution >= 4 is 28.6 Å². The average Bonchev–Trinajstić information content (AvgIpc) is 3.11. The molecular weight excluding hydrogens is 399 g/mol. The quantitative estimate of drug-likeness (QED) is 0.420. The zero-order valence-corrected chi connectivity index (χ0v) is 17.5. The van der Waals surface area contributed by atoms with Gasteiger partial charge in [-0.2, -0.15) is 0 Å². The first-order valence-corrected chi connectivity index (χ1v) is 10.3. The van der Waals surface area contributed by atoms with Gasteiger partial charge in [0.2, 0.25) is 0 Å². The van der Waals surface area contributed by atoms with E-state index in [0.717, 1.165) is 20.7 Å². The summed E-state index contributed by atoms with van der Waals surface area (Å²) in [6.07, 6.45) is 0. The Morgan fingerprint density at radius 3 is 2.63 bits per heavy atom. The highest BCUT2D eigenvalue weighted by molar-refractivity contribution is 7.99. The number of methoxy groups -OCH3 is 1. The van der Waals surface area contributed by atoms with Gasteiger partial charge in [-0.15, -0.1) is 0 Å². The molecule has 4 rings (SSSR count). The predicted octanol–water partition coefficient (Wildman–Crippen LogP) is 5.71. The van der Waals surface area contributed by atoms with Crippen molar-refractivity contribution < 1.29 is 13.9 Å². The Morgan fingerprint density at radius 1 is 1.10 bits per heavy atom. The molecular formula is C24H21FN2O2S. The maximum absolute atomic E-state index is 13.4. The lowest BCUT2D eigenvalue weighted by Crippen LogP contribution is -2.23. The number of aromatic nitrogens is 1. The van der Waals surface area contributed by atoms with Crippen molar-refractivity contribution in [2.24, 2.45) is 0 Å². The van der Waals surface area contributed by atoms with E-state index in [1.54, 1.807) is 19.2 Å². The highest BCUT2D eigenvalue weighted by Gasteiger charge is 2.19. The minimum Gasteiger partial charge on any atom is -0.497 e. The van der Waals surface area contributed by atoms with Crippen LogP contribution in [0.15, 0.2) is 76.5 Å². The standard InChI is InChI=1S/C24H21FN2O2S/c1-15-6-9-19(10-7-15)30-23-20-11-8-18(29-2)13-21(20)27-22(23)24(28)26-14-16-4-3-5-17(25)12-16/h3-13,27H,14H2,1-2H3,(H,26,28). The molecule has 0 radical (unpaired) electrons. The molecule has 4 aromatic rings. The third kappa shape index (κ3) is 4.33. The molecule has 4 nitrogen and oxygen atoms in total. The van der Waals surface area contributed by atoms with Crippen LogP contribution in [0.1, 0.15) is 21.6 Å². The number of aryl methyl sites for hydroxylation is 1. The van der Waals surface area contributed by atoms with Crippen LogP contribution in [0.2, 0.25) is 0 Å². The number of hydrogen-bond acceptors (Lipinski definition) is 3. The van der Waals surface area contributed by atoms with Crippen LogP contribution in [0.4, 0.5) is 4.39 Å². The average molecular weight is 421 g/mol. The zero-order valence-electron chi connectivity index (χ0n) is 16.7. The summed E-state index contributed by atoms with van der Waals surface area (Å²) in [6.45, 7) is 2.28. The summed E-state index contributed by atoms with van der Waals surface area (Å²) in [5.41, 5.74) is 3.17. The lowest BCUT2D eigenvalue weighted by atomic mass is 10.2. The van der Waals surface area contributed by atoms with Crippen molar-refractivity contribution in [2.75, 3.05) is 7.11 Å². The van der Waals surface area contributed by atoms with Gasteiger partial charge in [-0.05, 0) is 48.9 Å². The van der Waals surface area contributed by atoms with Crippen LogP contribution in [0, 0.1) is 12.7 Å². The molecule has 1 heterocycles. The summed E-state index contributed by atoms with van der Waals surface area (Å²) in [4.78, 5) is 18.1. The number of carbonyl (C=O) groups excluding carboxylic acids is 1. The minimum atomic E-state index is -0.324. The molecule has 3 aromatic carbocycles. The van der Waals surface area contributed by atoms with E-state index in [1.165, 1.54) is 29.5 Å². The highest BCUT2D eigenvalue weighted by Crippen LogP contribution is 2.38. The van der Waals surface area contributed by atoms with E-state index in [2.05, 4.69) is 10.3 Å². The topological polar surface area (TPSA) is 54.1 Å². The Kier molecular flexibility index (Phi) is 5.77. The number of rotatable bonds is 6. The molecule has 0 fully saturated rings. The van der Waals surface area contributed by atoms with Crippen LogP contribution in [-0.4, -0.2) is 18.0 Å². The summed E-state index contributed by atoms with van der Waals surface area (Å²) in [5.74, 6) is 0.140. The molecule has 0 saturated carbocycles. The number of halogens is 1. The molecule has 0 spiro atoms. The Morgan fingerprint density at radius 2 is 1.90 bits per heavy atom. The Hall–Kier alpha value is -3.25. The van der Waals surface area contributed by atoms with Gasteiger partial charge in [-0.25, -0.2) is 4.39 Å². The fourth-order valence-corrected chi connectivity index (χ4v) is 4.23. The number of ether oxygens (including phenoxy) is 1. The molecule has 152 valence electrons. The van der Waals surface area contributed by atoms with Gasteiger partial charge < -0.3 is 15.0 Å². The molecule has 6 heteroatoms. The van der Waals surface area contributed by atoms with Crippen molar-refractivity contribution in [3.05, 3.63) is 89.4 Å². The van der Waals surface area contributed by atoms with Crippen LogP contribution in [0.25, 0.3) is 10.9 Å². The lowest BCUT2D eigenvalue weighted by molar-refractivity contribution is 0.0943. The Bertz CT molecular complexity index is 1200. The molecule has 0 unspecified atom stereocenters. The molecule has 2 N–H and O–H groups in total. The third-order valence-corrected chi connectivity index (χ3v) is 5.90. The minimum absolute atomic E-state index is 0.240. The van der Waals surface area contributed by atoms with Gasteiger partial charge >= 0.3 is 0 Å². The number of hydrogen-bond donors (Lipinski definition) is 2. The van der Waals surface area contributed by atoms with E-state index >= 15 is 0 Å². The zero-order chi connectivity index (χ0) is 21.1. The molecule has 1 aromatic heterocycles. The Balaban J connectivity index is 1.67. The number of amides is 1. The SMILES string of the molecule is COc1ccc2c(Sc3ccc(C)cc3)c(C(=O)NCc3cccc(F)c3)[nH]c2c1. The molecule has 1 amide bonds. The fraction of sp³-hybridized carbons (Fsp3) is 0.125. The second-order valence-corrected chi connectivity index (χ2v) is 8.05. The van der Waals surface area contributed by atoms with Crippen LogP contribution in [0.3, 0.4) is 0 Å². The van der Waals surface area contributed by atoms with Crippen LogP contribution in [-0.2, 0) is 6.54 Å². The summed E-state index contributed by atoms with van der Waals surface area (Å²) in [7, 11) is 1.61. The maximum Gasteiger partial charge on any atom is 0.269 e.